The van der Waals surface area contributed by atoms with Gasteiger partial charge in [0.25, 0.3) is 0 Å². The third kappa shape index (κ3) is 2.81. The van der Waals surface area contributed by atoms with E-state index in [9.17, 15) is 0 Å². The van der Waals surface area contributed by atoms with Crippen LogP contribution < -0.4 is 0 Å². The Bertz CT molecular complexity index is 732. The quantitative estimate of drug-likeness (QED) is 0.599. The van der Waals surface area contributed by atoms with Crippen molar-refractivity contribution in [1.29, 1.82) is 0 Å². The highest BCUT2D eigenvalue weighted by Gasteiger charge is 2.35. The zero-order valence-electron chi connectivity index (χ0n) is 17.2. The van der Waals surface area contributed by atoms with Gasteiger partial charge in [-0.2, -0.15) is 0 Å². The molecule has 2 aliphatic heterocycles. The van der Waals surface area contributed by atoms with E-state index in [0.29, 0.717) is 11.8 Å². The van der Waals surface area contributed by atoms with Gasteiger partial charge in [-0.25, -0.2) is 6.04 Å². The number of aryl methyl sites for hydroxylation is 6. The van der Waals surface area contributed by atoms with Crippen molar-refractivity contribution in [3.63, 3.8) is 0 Å². The average Bonchev–Trinajstić information content (AvgIpc) is 3.09. The lowest BCUT2D eigenvalue weighted by Crippen LogP contribution is -2.22. The van der Waals surface area contributed by atoms with E-state index in [-0.39, 0.29) is 0 Å². The van der Waals surface area contributed by atoms with Crippen molar-refractivity contribution in [1.82, 2.24) is 4.90 Å². The molecule has 0 amide bonds. The molecule has 2 fully saturated rings. The molecule has 2 saturated heterocycles. The Morgan fingerprint density at radius 1 is 0.654 bits per heavy atom. The minimum absolute atomic E-state index is 0.600. The molecule has 1 heteroatoms. The summed E-state index contributed by atoms with van der Waals surface area (Å²) in [7, 11) is 0. The van der Waals surface area contributed by atoms with E-state index in [2.05, 4.69) is 70.7 Å². The Balaban J connectivity index is 1.78. The number of fused-ring (bicyclic) bond motifs is 1. The summed E-state index contributed by atoms with van der Waals surface area (Å²) in [6, 6.07) is 11.2. The fourth-order valence-electron chi connectivity index (χ4n) is 5.99. The molecule has 2 heterocycles. The van der Waals surface area contributed by atoms with Gasteiger partial charge in [-0.05, 0) is 76.9 Å². The minimum atomic E-state index is 0.600. The molecule has 1 nitrogen and oxygen atoms in total. The second kappa shape index (κ2) is 6.53. The van der Waals surface area contributed by atoms with E-state index in [1.54, 1.807) is 17.2 Å². The predicted molar refractivity (Wildman–Crippen MR) is 111 cm³/mol. The van der Waals surface area contributed by atoms with E-state index >= 15 is 0 Å². The van der Waals surface area contributed by atoms with Crippen LogP contribution >= 0.6 is 0 Å². The van der Waals surface area contributed by atoms with Gasteiger partial charge in [0.1, 0.15) is 0 Å². The van der Waals surface area contributed by atoms with Crippen molar-refractivity contribution < 1.29 is 0 Å². The van der Waals surface area contributed by atoms with Crippen molar-refractivity contribution in [2.24, 2.45) is 0 Å². The summed E-state index contributed by atoms with van der Waals surface area (Å²) in [6.07, 6.45) is 2.56. The van der Waals surface area contributed by atoms with E-state index in [4.69, 9.17) is 0 Å². The molecule has 0 spiro atoms. The molecule has 2 atom stereocenters. The first-order valence-electron chi connectivity index (χ1n) is 10.1. The van der Waals surface area contributed by atoms with Crippen LogP contribution in [-0.2, 0) is 0 Å². The molecular formula is C25H32N-. The molecule has 0 bridgehead atoms. The van der Waals surface area contributed by atoms with Gasteiger partial charge in [-0.15, -0.1) is 11.8 Å². The molecule has 2 aliphatic rings. The van der Waals surface area contributed by atoms with Crippen LogP contribution in [0.2, 0.25) is 0 Å². The zero-order chi connectivity index (χ0) is 18.6. The van der Waals surface area contributed by atoms with Gasteiger partial charge in [-0.1, -0.05) is 59.4 Å². The second-order valence-electron chi connectivity index (χ2n) is 8.72. The van der Waals surface area contributed by atoms with Crippen LogP contribution in [0.1, 0.15) is 69.2 Å². The Hall–Kier alpha value is -1.60. The largest absolute Gasteiger partial charge is 0.453 e. The topological polar surface area (TPSA) is 3.24 Å². The molecule has 4 rings (SSSR count). The van der Waals surface area contributed by atoms with Crippen molar-refractivity contribution in [2.45, 2.75) is 66.2 Å². The molecule has 138 valence electrons. The number of hydrogen-bond donors (Lipinski definition) is 0. The summed E-state index contributed by atoms with van der Waals surface area (Å²) in [6.45, 7) is 16.1. The normalized spacial score (nSPS) is 23.6. The standard InChI is InChI=1S/C25H32N/c1-15-11-17(3)23(18(4)12-15)21-7-9-26-10-8-22(25(21)26)24-19(5)13-16(2)14-20(24)6/h11-14,21-22H,7-10H2,1-6H3/q-1. The first-order valence-corrected chi connectivity index (χ1v) is 10.1. The summed E-state index contributed by atoms with van der Waals surface area (Å²) < 4.78 is 0. The number of rotatable bonds is 2. The highest BCUT2D eigenvalue weighted by Crippen LogP contribution is 2.54. The van der Waals surface area contributed by atoms with E-state index in [1.165, 1.54) is 59.3 Å². The lowest BCUT2D eigenvalue weighted by molar-refractivity contribution is 0.391. The predicted octanol–water partition coefficient (Wildman–Crippen LogP) is 6.05. The first-order chi connectivity index (χ1) is 12.4. The first kappa shape index (κ1) is 17.8. The molecule has 0 aromatic heterocycles. The van der Waals surface area contributed by atoms with Crippen LogP contribution in [-0.4, -0.2) is 18.0 Å². The lowest BCUT2D eigenvalue weighted by atomic mass is 9.76. The van der Waals surface area contributed by atoms with Gasteiger partial charge >= 0.3 is 0 Å². The van der Waals surface area contributed by atoms with E-state index in [1.807, 2.05) is 0 Å². The molecule has 26 heavy (non-hydrogen) atoms. The third-order valence-electron chi connectivity index (χ3n) is 6.63. The van der Waals surface area contributed by atoms with Gasteiger partial charge in [0.2, 0.25) is 0 Å². The van der Waals surface area contributed by atoms with Crippen molar-refractivity contribution in [3.05, 3.63) is 74.8 Å². The molecule has 2 unspecified atom stereocenters. The van der Waals surface area contributed by atoms with E-state index < -0.39 is 0 Å². The van der Waals surface area contributed by atoms with Gasteiger partial charge < -0.3 is 4.90 Å². The average molecular weight is 347 g/mol. The van der Waals surface area contributed by atoms with Crippen LogP contribution in [0, 0.1) is 47.6 Å². The maximum atomic E-state index is 2.70. The fraction of sp³-hybridized carbons (Fsp3) is 0.480. The van der Waals surface area contributed by atoms with Gasteiger partial charge in [-0.3, -0.25) is 0 Å². The van der Waals surface area contributed by atoms with Crippen LogP contribution in [0.5, 0.6) is 0 Å². The smallest absolute Gasteiger partial charge is 0.0318 e. The van der Waals surface area contributed by atoms with Gasteiger partial charge in [0.05, 0.1) is 0 Å². The van der Waals surface area contributed by atoms with Gasteiger partial charge in [0, 0.05) is 0 Å². The summed E-state index contributed by atoms with van der Waals surface area (Å²) >= 11 is 0. The van der Waals surface area contributed by atoms with E-state index in [0.717, 1.165) is 0 Å². The molecular weight excluding hydrogens is 314 g/mol. The van der Waals surface area contributed by atoms with Crippen LogP contribution in [0.25, 0.3) is 0 Å². The molecule has 0 radical (unpaired) electrons. The molecule has 0 N–H and O–H groups in total. The monoisotopic (exact) mass is 346 g/mol. The highest BCUT2D eigenvalue weighted by molar-refractivity contribution is 5.49. The van der Waals surface area contributed by atoms with Crippen molar-refractivity contribution in [2.75, 3.05) is 13.1 Å². The number of hydrogen-bond acceptors (Lipinski definition) is 1. The summed E-state index contributed by atoms with van der Waals surface area (Å²) in [4.78, 5) is 2.70. The summed E-state index contributed by atoms with van der Waals surface area (Å²) in [5, 5.41) is 0. The fourth-order valence-corrected chi connectivity index (χ4v) is 5.99. The number of nitrogens with zero attached hydrogens (tertiary/aromatic N) is 1. The molecule has 2 aromatic carbocycles. The Morgan fingerprint density at radius 3 is 1.35 bits per heavy atom. The van der Waals surface area contributed by atoms with Crippen molar-refractivity contribution >= 4 is 0 Å². The molecule has 0 aliphatic carbocycles. The Morgan fingerprint density at radius 2 is 1.00 bits per heavy atom. The maximum absolute atomic E-state index is 2.70. The summed E-state index contributed by atoms with van der Waals surface area (Å²) in [5.74, 6) is 1.20. The van der Waals surface area contributed by atoms with Crippen LogP contribution in [0.4, 0.5) is 0 Å². The lowest BCUT2D eigenvalue weighted by Gasteiger charge is -2.43. The van der Waals surface area contributed by atoms with Crippen LogP contribution in [0.15, 0.2) is 24.3 Å². The third-order valence-corrected chi connectivity index (χ3v) is 6.63. The van der Waals surface area contributed by atoms with Gasteiger partial charge in [0.15, 0.2) is 0 Å². The number of benzene rings is 2. The zero-order valence-corrected chi connectivity index (χ0v) is 17.2. The van der Waals surface area contributed by atoms with Crippen LogP contribution in [0.3, 0.4) is 0 Å². The van der Waals surface area contributed by atoms with Crippen molar-refractivity contribution in [3.8, 4) is 0 Å². The summed E-state index contributed by atoms with van der Waals surface area (Å²) in [5.41, 5.74) is 11.9. The maximum Gasteiger partial charge on any atom is -0.0318 e. The molecule has 2 aromatic rings. The molecule has 0 saturated carbocycles. The second-order valence-corrected chi connectivity index (χ2v) is 8.72. The highest BCUT2D eigenvalue weighted by atomic mass is 15.2. The Labute approximate surface area is 159 Å². The Kier molecular flexibility index (Phi) is 4.47. The minimum Gasteiger partial charge on any atom is -0.453 e. The SMILES string of the molecule is Cc1cc(C)c(C2CCN3CCC(c4c(C)cc(C)cc4C)[C-]23)c(C)c1.